The summed E-state index contributed by atoms with van der Waals surface area (Å²) in [6, 6.07) is 3.31. The fraction of sp³-hybridized carbons (Fsp3) is 0.720. The number of carbonyl (C=O) groups is 2. The van der Waals surface area contributed by atoms with E-state index < -0.39 is 18.1 Å². The minimum absolute atomic E-state index is 0.182. The van der Waals surface area contributed by atoms with Gasteiger partial charge in [-0.05, 0) is 62.1 Å². The molecule has 1 aliphatic rings. The number of aryl methyl sites for hydroxylation is 2. The number of aromatic nitrogens is 1. The van der Waals surface area contributed by atoms with Gasteiger partial charge in [-0.25, -0.2) is 14.6 Å². The SMILES string of the molecule is COCCN(CCCCc1ccc2c(n1)NCCC2)CCC(NC(=O)OCC(C)(C)C)C(=O)O. The average Bonchev–Trinajstić information content (AvgIpc) is 2.80. The van der Waals surface area contributed by atoms with E-state index in [1.54, 1.807) is 7.11 Å². The van der Waals surface area contributed by atoms with E-state index in [0.29, 0.717) is 26.1 Å². The van der Waals surface area contributed by atoms with Crippen LogP contribution in [-0.2, 0) is 27.1 Å². The molecule has 1 aliphatic heterocycles. The maximum absolute atomic E-state index is 12.0. The van der Waals surface area contributed by atoms with Gasteiger partial charge in [-0.2, -0.15) is 0 Å². The molecule has 3 N–H and O–H groups in total. The van der Waals surface area contributed by atoms with Gasteiger partial charge in [0.1, 0.15) is 11.9 Å². The Morgan fingerprint density at radius 1 is 1.24 bits per heavy atom. The Kier molecular flexibility index (Phi) is 11.6. The predicted molar refractivity (Wildman–Crippen MR) is 132 cm³/mol. The Labute approximate surface area is 203 Å². The van der Waals surface area contributed by atoms with E-state index in [4.69, 9.17) is 14.5 Å². The molecule has 2 rings (SSSR count). The third-order valence-electron chi connectivity index (χ3n) is 5.68. The number of fused-ring (bicyclic) bond motifs is 1. The van der Waals surface area contributed by atoms with Gasteiger partial charge in [0.05, 0.1) is 13.2 Å². The van der Waals surface area contributed by atoms with Crippen LogP contribution in [-0.4, -0.2) is 79.6 Å². The van der Waals surface area contributed by atoms with Crippen LogP contribution in [0.5, 0.6) is 0 Å². The van der Waals surface area contributed by atoms with Crippen molar-refractivity contribution < 1.29 is 24.2 Å². The summed E-state index contributed by atoms with van der Waals surface area (Å²) >= 11 is 0. The lowest BCUT2D eigenvalue weighted by Crippen LogP contribution is -2.44. The lowest BCUT2D eigenvalue weighted by atomic mass is 9.99. The van der Waals surface area contributed by atoms with E-state index in [1.165, 1.54) is 5.56 Å². The van der Waals surface area contributed by atoms with E-state index >= 15 is 0 Å². The van der Waals surface area contributed by atoms with Gasteiger partial charge in [0.15, 0.2) is 0 Å². The van der Waals surface area contributed by atoms with Gasteiger partial charge in [0.25, 0.3) is 0 Å². The largest absolute Gasteiger partial charge is 0.480 e. The molecule has 34 heavy (non-hydrogen) atoms. The second kappa shape index (κ2) is 14.1. The van der Waals surface area contributed by atoms with Gasteiger partial charge >= 0.3 is 12.1 Å². The minimum atomic E-state index is -1.06. The summed E-state index contributed by atoms with van der Waals surface area (Å²) in [6.07, 6.45) is 4.71. The number of ether oxygens (including phenoxy) is 2. The number of amides is 1. The number of carboxylic acid groups (broad SMARTS) is 1. The van der Waals surface area contributed by atoms with Crippen LogP contribution in [0.15, 0.2) is 12.1 Å². The number of hydrogen-bond acceptors (Lipinski definition) is 7. The van der Waals surface area contributed by atoms with Crippen molar-refractivity contribution in [1.82, 2.24) is 15.2 Å². The lowest BCUT2D eigenvalue weighted by Gasteiger charge is -2.24. The summed E-state index contributed by atoms with van der Waals surface area (Å²) in [5, 5.41) is 15.4. The highest BCUT2D eigenvalue weighted by molar-refractivity contribution is 5.79. The van der Waals surface area contributed by atoms with Crippen molar-refractivity contribution in [2.45, 2.75) is 65.3 Å². The molecule has 0 bridgehead atoms. The van der Waals surface area contributed by atoms with E-state index in [2.05, 4.69) is 27.7 Å². The van der Waals surface area contributed by atoms with Gasteiger partial charge < -0.3 is 30.1 Å². The molecular formula is C25H42N4O5. The highest BCUT2D eigenvalue weighted by Gasteiger charge is 2.23. The molecule has 2 heterocycles. The van der Waals surface area contributed by atoms with Crippen LogP contribution >= 0.6 is 0 Å². The number of nitrogens with zero attached hydrogens (tertiary/aromatic N) is 2. The number of pyridine rings is 1. The smallest absolute Gasteiger partial charge is 0.407 e. The van der Waals surface area contributed by atoms with Gasteiger partial charge in [0.2, 0.25) is 0 Å². The Balaban J connectivity index is 1.78. The Hall–Kier alpha value is -2.39. The zero-order valence-electron chi connectivity index (χ0n) is 21.2. The zero-order chi connectivity index (χ0) is 25.0. The first kappa shape index (κ1) is 27.9. The van der Waals surface area contributed by atoms with Gasteiger partial charge in [-0.1, -0.05) is 26.8 Å². The highest BCUT2D eigenvalue weighted by atomic mass is 16.5. The maximum atomic E-state index is 12.0. The molecule has 192 valence electrons. The van der Waals surface area contributed by atoms with Crippen molar-refractivity contribution in [3.63, 3.8) is 0 Å². The molecule has 1 amide bonds. The number of nitrogens with one attached hydrogen (secondary N) is 2. The third-order valence-corrected chi connectivity index (χ3v) is 5.68. The van der Waals surface area contributed by atoms with Crippen molar-refractivity contribution in [3.8, 4) is 0 Å². The summed E-state index contributed by atoms with van der Waals surface area (Å²) < 4.78 is 10.4. The Morgan fingerprint density at radius 2 is 2.03 bits per heavy atom. The number of anilines is 1. The minimum Gasteiger partial charge on any atom is -0.480 e. The van der Waals surface area contributed by atoms with Crippen molar-refractivity contribution >= 4 is 17.9 Å². The van der Waals surface area contributed by atoms with Gasteiger partial charge in [0, 0.05) is 32.4 Å². The van der Waals surface area contributed by atoms with Crippen LogP contribution < -0.4 is 10.6 Å². The van der Waals surface area contributed by atoms with Crippen molar-refractivity contribution in [1.29, 1.82) is 0 Å². The monoisotopic (exact) mass is 478 g/mol. The highest BCUT2D eigenvalue weighted by Crippen LogP contribution is 2.20. The van der Waals surface area contributed by atoms with Crippen molar-refractivity contribution in [2.24, 2.45) is 5.41 Å². The van der Waals surface area contributed by atoms with Gasteiger partial charge in [-0.3, -0.25) is 0 Å². The standard InChI is InChI=1S/C25H42N4O5/c1-25(2,3)18-34-24(32)28-21(23(30)31)12-15-29(16-17-33-4)14-6-5-9-20-11-10-19-8-7-13-26-22(19)27-20/h10-11,21H,5-9,12-18H2,1-4H3,(H,26,27)(H,28,32)(H,30,31). The topological polar surface area (TPSA) is 113 Å². The molecule has 1 aromatic heterocycles. The molecule has 0 aliphatic carbocycles. The van der Waals surface area contributed by atoms with E-state index in [0.717, 1.165) is 56.7 Å². The van der Waals surface area contributed by atoms with Crippen LogP contribution in [0.2, 0.25) is 0 Å². The molecule has 0 aromatic carbocycles. The second-order valence-electron chi connectivity index (χ2n) is 10.1. The maximum Gasteiger partial charge on any atom is 0.407 e. The first-order valence-electron chi connectivity index (χ1n) is 12.3. The van der Waals surface area contributed by atoms with Crippen molar-refractivity contribution in [2.75, 3.05) is 51.8 Å². The molecule has 0 spiro atoms. The average molecular weight is 479 g/mol. The molecule has 9 heteroatoms. The number of hydrogen-bond donors (Lipinski definition) is 3. The first-order valence-corrected chi connectivity index (χ1v) is 12.3. The zero-order valence-corrected chi connectivity index (χ0v) is 21.2. The summed E-state index contributed by atoms with van der Waals surface area (Å²) in [6.45, 7) is 9.69. The Morgan fingerprint density at radius 3 is 2.74 bits per heavy atom. The molecule has 0 saturated heterocycles. The molecule has 1 atom stereocenters. The summed E-state index contributed by atoms with van der Waals surface area (Å²) in [4.78, 5) is 30.6. The first-order chi connectivity index (χ1) is 16.2. The molecule has 9 nitrogen and oxygen atoms in total. The predicted octanol–water partition coefficient (Wildman–Crippen LogP) is 3.33. The quantitative estimate of drug-likeness (QED) is 0.349. The number of unbranched alkanes of at least 4 members (excludes halogenated alkanes) is 1. The molecule has 1 aromatic rings. The van der Waals surface area contributed by atoms with Crippen LogP contribution in [0, 0.1) is 5.41 Å². The van der Waals surface area contributed by atoms with Crippen LogP contribution in [0.1, 0.15) is 57.7 Å². The number of carboxylic acids is 1. The fourth-order valence-electron chi connectivity index (χ4n) is 3.74. The fourth-order valence-corrected chi connectivity index (χ4v) is 3.74. The molecule has 0 fully saturated rings. The second-order valence-corrected chi connectivity index (χ2v) is 10.1. The number of methoxy groups -OCH3 is 1. The number of aliphatic carboxylic acids is 1. The summed E-state index contributed by atoms with van der Waals surface area (Å²) in [7, 11) is 1.65. The summed E-state index contributed by atoms with van der Waals surface area (Å²) in [5.41, 5.74) is 2.21. The third kappa shape index (κ3) is 10.7. The number of carbonyl (C=O) groups excluding carboxylic acids is 1. The van der Waals surface area contributed by atoms with Crippen molar-refractivity contribution in [3.05, 3.63) is 23.4 Å². The normalized spacial score (nSPS) is 14.3. The van der Waals surface area contributed by atoms with E-state index in [1.807, 2.05) is 20.8 Å². The number of alkyl carbamates (subject to hydrolysis) is 1. The van der Waals surface area contributed by atoms with E-state index in [-0.39, 0.29) is 12.0 Å². The van der Waals surface area contributed by atoms with Crippen LogP contribution in [0.4, 0.5) is 10.6 Å². The molecule has 0 saturated carbocycles. The Bertz CT molecular complexity index is 781. The summed E-state index contributed by atoms with van der Waals surface area (Å²) in [5.74, 6) is -0.0368. The number of rotatable bonds is 14. The van der Waals surface area contributed by atoms with Crippen LogP contribution in [0.25, 0.3) is 0 Å². The molecule has 0 radical (unpaired) electrons. The van der Waals surface area contributed by atoms with E-state index in [9.17, 15) is 14.7 Å². The molecular weight excluding hydrogens is 436 g/mol. The lowest BCUT2D eigenvalue weighted by molar-refractivity contribution is -0.139. The molecule has 1 unspecified atom stereocenters. The van der Waals surface area contributed by atoms with Crippen LogP contribution in [0.3, 0.4) is 0 Å². The van der Waals surface area contributed by atoms with Gasteiger partial charge in [-0.15, -0.1) is 0 Å².